The first-order valence-corrected chi connectivity index (χ1v) is 10.6. The summed E-state index contributed by atoms with van der Waals surface area (Å²) in [6.07, 6.45) is 0. The summed E-state index contributed by atoms with van der Waals surface area (Å²) in [5.74, 6) is -0.709. The van der Waals surface area contributed by atoms with Crippen LogP contribution in [0.3, 0.4) is 0 Å². The molecule has 2 amide bonds. The van der Waals surface area contributed by atoms with Crippen molar-refractivity contribution in [2.45, 2.75) is 0 Å². The Morgan fingerprint density at radius 1 is 0.781 bits per heavy atom. The zero-order valence-corrected chi connectivity index (χ0v) is 17.6. The predicted octanol–water partition coefficient (Wildman–Crippen LogP) is 3.84. The van der Waals surface area contributed by atoms with Gasteiger partial charge < -0.3 is 15.5 Å². The Morgan fingerprint density at radius 3 is 2.19 bits per heavy atom. The molecule has 1 aliphatic rings. The highest BCUT2D eigenvalue weighted by molar-refractivity contribution is 6.10. The van der Waals surface area contributed by atoms with E-state index in [1.807, 2.05) is 34.1 Å². The summed E-state index contributed by atoms with van der Waals surface area (Å²) in [6.45, 7) is 2.80. The lowest BCUT2D eigenvalue weighted by Crippen LogP contribution is -2.49. The topological polar surface area (TPSA) is 64.7 Å². The summed E-state index contributed by atoms with van der Waals surface area (Å²) in [5, 5.41) is 5.70. The van der Waals surface area contributed by atoms with Crippen LogP contribution in [0.1, 0.15) is 10.4 Å². The zero-order valence-electron chi connectivity index (χ0n) is 17.6. The first kappa shape index (κ1) is 21.5. The van der Waals surface area contributed by atoms with E-state index in [-0.39, 0.29) is 24.2 Å². The number of halogens is 1. The van der Waals surface area contributed by atoms with Gasteiger partial charge in [0.25, 0.3) is 5.91 Å². The molecule has 1 heterocycles. The highest BCUT2D eigenvalue weighted by atomic mass is 19.1. The molecular formula is C25H25FN4O2. The van der Waals surface area contributed by atoms with Crippen molar-refractivity contribution in [1.29, 1.82) is 0 Å². The Morgan fingerprint density at radius 2 is 1.44 bits per heavy atom. The number of hydrogen-bond acceptors (Lipinski definition) is 4. The van der Waals surface area contributed by atoms with Crippen molar-refractivity contribution in [1.82, 2.24) is 4.90 Å². The van der Waals surface area contributed by atoms with E-state index in [4.69, 9.17) is 0 Å². The molecule has 0 unspecified atom stereocenters. The summed E-state index contributed by atoms with van der Waals surface area (Å²) in [6, 6.07) is 22.8. The van der Waals surface area contributed by atoms with Crippen LogP contribution in [-0.2, 0) is 4.79 Å². The van der Waals surface area contributed by atoms with E-state index in [1.54, 1.807) is 48.5 Å². The molecule has 0 saturated carbocycles. The SMILES string of the molecule is O=C(CN1CCN(c2ccccc2F)CC1)Nc1ccccc1C(=O)Nc1ccccc1. The largest absolute Gasteiger partial charge is 0.367 e. The molecule has 0 atom stereocenters. The van der Waals surface area contributed by atoms with E-state index in [9.17, 15) is 14.0 Å². The van der Waals surface area contributed by atoms with Crippen LogP contribution in [0, 0.1) is 5.82 Å². The van der Waals surface area contributed by atoms with Crippen LogP contribution < -0.4 is 15.5 Å². The lowest BCUT2D eigenvalue weighted by atomic mass is 10.1. The molecule has 164 valence electrons. The van der Waals surface area contributed by atoms with E-state index in [1.165, 1.54) is 6.07 Å². The Bertz CT molecular complexity index is 1080. The number of para-hydroxylation sites is 3. The standard InChI is InChI=1S/C25H25FN4O2/c26-21-11-5-7-13-23(21)30-16-14-29(15-17-30)18-24(31)28-22-12-6-4-10-20(22)25(32)27-19-8-2-1-3-9-19/h1-13H,14-18H2,(H,27,32)(H,28,31). The molecule has 4 rings (SSSR count). The number of carbonyl (C=O) groups is 2. The molecule has 3 aromatic rings. The number of nitrogens with one attached hydrogen (secondary N) is 2. The van der Waals surface area contributed by atoms with Gasteiger partial charge in [0.15, 0.2) is 0 Å². The number of rotatable bonds is 6. The van der Waals surface area contributed by atoms with Gasteiger partial charge in [-0.2, -0.15) is 0 Å². The number of benzene rings is 3. The van der Waals surface area contributed by atoms with Crippen molar-refractivity contribution in [2.24, 2.45) is 0 Å². The third-order valence-corrected chi connectivity index (χ3v) is 5.41. The third kappa shape index (κ3) is 5.31. The van der Waals surface area contributed by atoms with Crippen LogP contribution in [0.5, 0.6) is 0 Å². The Hall–Kier alpha value is -3.71. The maximum Gasteiger partial charge on any atom is 0.257 e. The molecule has 0 aromatic heterocycles. The van der Waals surface area contributed by atoms with E-state index in [0.717, 1.165) is 0 Å². The molecule has 0 aliphatic carbocycles. The van der Waals surface area contributed by atoms with Crippen molar-refractivity contribution >= 4 is 28.9 Å². The molecule has 7 heteroatoms. The van der Waals surface area contributed by atoms with Crippen molar-refractivity contribution in [3.63, 3.8) is 0 Å². The average molecular weight is 432 g/mol. The second-order valence-electron chi connectivity index (χ2n) is 7.63. The Kier molecular flexibility index (Phi) is 6.77. The molecule has 1 saturated heterocycles. The fourth-order valence-electron chi connectivity index (χ4n) is 3.76. The fraction of sp³-hybridized carbons (Fsp3) is 0.200. The number of nitrogens with zero attached hydrogens (tertiary/aromatic N) is 2. The van der Waals surface area contributed by atoms with Crippen molar-refractivity contribution in [2.75, 3.05) is 48.3 Å². The minimum absolute atomic E-state index is 0.190. The smallest absolute Gasteiger partial charge is 0.257 e. The minimum atomic E-state index is -0.286. The van der Waals surface area contributed by atoms with Crippen LogP contribution in [0.4, 0.5) is 21.5 Å². The summed E-state index contributed by atoms with van der Waals surface area (Å²) in [7, 11) is 0. The van der Waals surface area contributed by atoms with Gasteiger partial charge in [-0.05, 0) is 36.4 Å². The van der Waals surface area contributed by atoms with Gasteiger partial charge in [-0.1, -0.05) is 42.5 Å². The zero-order chi connectivity index (χ0) is 22.3. The van der Waals surface area contributed by atoms with Gasteiger partial charge >= 0.3 is 0 Å². The predicted molar refractivity (Wildman–Crippen MR) is 125 cm³/mol. The molecule has 1 aliphatic heterocycles. The van der Waals surface area contributed by atoms with Gasteiger partial charge in [0, 0.05) is 31.9 Å². The van der Waals surface area contributed by atoms with Crippen LogP contribution in [-0.4, -0.2) is 49.4 Å². The molecule has 2 N–H and O–H groups in total. The van der Waals surface area contributed by atoms with Crippen molar-refractivity contribution < 1.29 is 14.0 Å². The maximum atomic E-state index is 14.0. The lowest BCUT2D eigenvalue weighted by molar-refractivity contribution is -0.117. The third-order valence-electron chi connectivity index (χ3n) is 5.41. The lowest BCUT2D eigenvalue weighted by Gasteiger charge is -2.35. The number of amides is 2. The molecule has 0 bridgehead atoms. The maximum absolute atomic E-state index is 14.0. The second-order valence-corrected chi connectivity index (χ2v) is 7.63. The Balaban J connectivity index is 1.33. The first-order valence-electron chi connectivity index (χ1n) is 10.6. The summed E-state index contributed by atoms with van der Waals surface area (Å²) < 4.78 is 14.0. The number of piperazine rings is 1. The summed E-state index contributed by atoms with van der Waals surface area (Å²) in [5.41, 5.74) is 2.14. The number of carbonyl (C=O) groups excluding carboxylic acids is 2. The summed E-state index contributed by atoms with van der Waals surface area (Å²) in [4.78, 5) is 29.4. The molecular weight excluding hydrogens is 407 g/mol. The molecule has 0 radical (unpaired) electrons. The average Bonchev–Trinajstić information content (AvgIpc) is 2.81. The van der Waals surface area contributed by atoms with Gasteiger partial charge in [-0.15, -0.1) is 0 Å². The second kappa shape index (κ2) is 10.1. The quantitative estimate of drug-likeness (QED) is 0.621. The van der Waals surface area contributed by atoms with Gasteiger partial charge in [0.2, 0.25) is 5.91 Å². The van der Waals surface area contributed by atoms with Crippen LogP contribution in [0.25, 0.3) is 0 Å². The highest BCUT2D eigenvalue weighted by Crippen LogP contribution is 2.21. The first-order chi connectivity index (χ1) is 15.6. The van der Waals surface area contributed by atoms with Gasteiger partial charge in [0.1, 0.15) is 5.82 Å². The molecule has 6 nitrogen and oxygen atoms in total. The summed E-state index contributed by atoms with van der Waals surface area (Å²) >= 11 is 0. The molecule has 1 fully saturated rings. The minimum Gasteiger partial charge on any atom is -0.367 e. The van der Waals surface area contributed by atoms with Gasteiger partial charge in [-0.3, -0.25) is 14.5 Å². The van der Waals surface area contributed by atoms with Crippen LogP contribution in [0.2, 0.25) is 0 Å². The van der Waals surface area contributed by atoms with Crippen LogP contribution in [0.15, 0.2) is 78.9 Å². The molecule has 32 heavy (non-hydrogen) atoms. The molecule has 0 spiro atoms. The van der Waals surface area contributed by atoms with Gasteiger partial charge in [0.05, 0.1) is 23.5 Å². The number of hydrogen-bond donors (Lipinski definition) is 2. The van der Waals surface area contributed by atoms with E-state index < -0.39 is 0 Å². The number of anilines is 3. The normalized spacial score (nSPS) is 14.1. The van der Waals surface area contributed by atoms with E-state index in [0.29, 0.717) is 48.8 Å². The van der Waals surface area contributed by atoms with Gasteiger partial charge in [-0.25, -0.2) is 4.39 Å². The van der Waals surface area contributed by atoms with E-state index in [2.05, 4.69) is 10.6 Å². The van der Waals surface area contributed by atoms with Crippen molar-refractivity contribution in [3.05, 3.63) is 90.2 Å². The Labute approximate surface area is 186 Å². The highest BCUT2D eigenvalue weighted by Gasteiger charge is 2.21. The van der Waals surface area contributed by atoms with Crippen molar-refractivity contribution in [3.8, 4) is 0 Å². The monoisotopic (exact) mass is 432 g/mol. The van der Waals surface area contributed by atoms with Crippen LogP contribution >= 0.6 is 0 Å². The molecule has 3 aromatic carbocycles. The van der Waals surface area contributed by atoms with E-state index >= 15 is 0 Å². The fourth-order valence-corrected chi connectivity index (χ4v) is 3.76.